The molecule has 0 aliphatic heterocycles. The maximum Gasteiger partial charge on any atom is 0.303 e. The minimum Gasteiger partial charge on any atom is -0.494 e. The van der Waals surface area contributed by atoms with Crippen LogP contribution in [0.2, 0.25) is 0 Å². The molecule has 2 aromatic heterocycles. The van der Waals surface area contributed by atoms with E-state index in [1.807, 2.05) is 18.2 Å². The number of carboxylic acid groups (broad SMARTS) is 1. The van der Waals surface area contributed by atoms with Gasteiger partial charge in [0.25, 0.3) is 0 Å². The van der Waals surface area contributed by atoms with Crippen molar-refractivity contribution in [2.75, 3.05) is 6.61 Å². The largest absolute Gasteiger partial charge is 0.494 e. The standard InChI is InChI=1S/C24H24N2O3S/c1-17-6-8-19(9-7-17)26-22-15-20(29-13-4-2-3-5-23(27)28)10-11-21(22)25-24(26)18-12-14-30-16-18/h6-12,14-16H,2-5,13H2,1H3,(H,27,28). The molecule has 0 unspecified atom stereocenters. The number of benzene rings is 2. The Balaban J connectivity index is 1.61. The lowest BCUT2D eigenvalue weighted by Crippen LogP contribution is -2.00. The molecule has 0 aliphatic rings. The number of thiophene rings is 1. The normalized spacial score (nSPS) is 11.1. The summed E-state index contributed by atoms with van der Waals surface area (Å²) in [6.45, 7) is 2.65. The van der Waals surface area contributed by atoms with E-state index in [1.54, 1.807) is 11.3 Å². The number of carbonyl (C=O) groups is 1. The third kappa shape index (κ3) is 4.54. The van der Waals surface area contributed by atoms with Gasteiger partial charge in [-0.3, -0.25) is 9.36 Å². The summed E-state index contributed by atoms with van der Waals surface area (Å²) in [5, 5.41) is 12.9. The SMILES string of the molecule is Cc1ccc(-n2c(-c3ccsc3)nc3ccc(OCCCCCC(=O)O)cc32)cc1. The van der Waals surface area contributed by atoms with E-state index in [4.69, 9.17) is 14.8 Å². The first-order valence-electron chi connectivity index (χ1n) is 10.1. The van der Waals surface area contributed by atoms with Crippen molar-refractivity contribution >= 4 is 28.3 Å². The number of fused-ring (bicyclic) bond motifs is 1. The highest BCUT2D eigenvalue weighted by atomic mass is 32.1. The minimum absolute atomic E-state index is 0.215. The van der Waals surface area contributed by atoms with Crippen LogP contribution in [-0.2, 0) is 4.79 Å². The number of unbranched alkanes of at least 4 members (excludes halogenated alkanes) is 2. The first-order valence-corrected chi connectivity index (χ1v) is 11.0. The summed E-state index contributed by atoms with van der Waals surface area (Å²) in [5.74, 6) is 0.971. The van der Waals surface area contributed by atoms with Crippen LogP contribution in [0.5, 0.6) is 5.75 Å². The quantitative estimate of drug-likeness (QED) is 0.333. The van der Waals surface area contributed by atoms with Gasteiger partial charge in [-0.25, -0.2) is 4.98 Å². The second kappa shape index (κ2) is 9.13. The number of ether oxygens (including phenoxy) is 1. The second-order valence-electron chi connectivity index (χ2n) is 7.32. The van der Waals surface area contributed by atoms with Gasteiger partial charge < -0.3 is 9.84 Å². The van der Waals surface area contributed by atoms with E-state index in [0.717, 1.165) is 46.7 Å². The Labute approximate surface area is 179 Å². The molecule has 0 radical (unpaired) electrons. The zero-order chi connectivity index (χ0) is 20.9. The Kier molecular flexibility index (Phi) is 6.14. The molecule has 0 aliphatic carbocycles. The monoisotopic (exact) mass is 420 g/mol. The molecule has 5 nitrogen and oxygen atoms in total. The fourth-order valence-corrected chi connectivity index (χ4v) is 4.06. The fraction of sp³-hybridized carbons (Fsp3) is 0.250. The summed E-state index contributed by atoms with van der Waals surface area (Å²) in [5.41, 5.74) is 5.30. The van der Waals surface area contributed by atoms with Crippen LogP contribution >= 0.6 is 11.3 Å². The van der Waals surface area contributed by atoms with Crippen LogP contribution in [0.4, 0.5) is 0 Å². The number of rotatable bonds is 9. The van der Waals surface area contributed by atoms with Crippen LogP contribution < -0.4 is 4.74 Å². The topological polar surface area (TPSA) is 64.4 Å². The summed E-state index contributed by atoms with van der Waals surface area (Å²) >= 11 is 1.66. The number of hydrogen-bond donors (Lipinski definition) is 1. The van der Waals surface area contributed by atoms with Gasteiger partial charge in [-0.2, -0.15) is 11.3 Å². The Morgan fingerprint density at radius 2 is 1.93 bits per heavy atom. The third-order valence-electron chi connectivity index (χ3n) is 5.00. The number of hydrogen-bond acceptors (Lipinski definition) is 4. The fourth-order valence-electron chi connectivity index (χ4n) is 3.43. The zero-order valence-corrected chi connectivity index (χ0v) is 17.7. The van der Waals surface area contributed by atoms with Gasteiger partial charge in [-0.05, 0) is 61.9 Å². The van der Waals surface area contributed by atoms with E-state index in [2.05, 4.69) is 52.6 Å². The molecule has 6 heteroatoms. The lowest BCUT2D eigenvalue weighted by molar-refractivity contribution is -0.137. The van der Waals surface area contributed by atoms with Gasteiger partial charge in [0.2, 0.25) is 0 Å². The van der Waals surface area contributed by atoms with E-state index in [9.17, 15) is 4.79 Å². The molecule has 1 N–H and O–H groups in total. The second-order valence-corrected chi connectivity index (χ2v) is 8.10. The highest BCUT2D eigenvalue weighted by Gasteiger charge is 2.15. The smallest absolute Gasteiger partial charge is 0.303 e. The zero-order valence-electron chi connectivity index (χ0n) is 16.9. The van der Waals surface area contributed by atoms with Crippen LogP contribution in [0.3, 0.4) is 0 Å². The summed E-state index contributed by atoms with van der Waals surface area (Å²) < 4.78 is 8.12. The molecule has 0 saturated carbocycles. The van der Waals surface area contributed by atoms with Crippen LogP contribution in [0.1, 0.15) is 31.2 Å². The maximum absolute atomic E-state index is 10.6. The van der Waals surface area contributed by atoms with Gasteiger partial charge in [0.15, 0.2) is 0 Å². The number of nitrogens with zero attached hydrogens (tertiary/aromatic N) is 2. The molecule has 0 atom stereocenters. The number of carboxylic acids is 1. The molecular weight excluding hydrogens is 396 g/mol. The van der Waals surface area contributed by atoms with Crippen molar-refractivity contribution in [2.24, 2.45) is 0 Å². The van der Waals surface area contributed by atoms with Gasteiger partial charge in [-0.1, -0.05) is 17.7 Å². The molecule has 2 aromatic carbocycles. The highest BCUT2D eigenvalue weighted by molar-refractivity contribution is 7.08. The van der Waals surface area contributed by atoms with Crippen molar-refractivity contribution in [3.63, 3.8) is 0 Å². The van der Waals surface area contributed by atoms with E-state index in [-0.39, 0.29) is 6.42 Å². The van der Waals surface area contributed by atoms with Crippen molar-refractivity contribution in [2.45, 2.75) is 32.6 Å². The molecule has 0 amide bonds. The lowest BCUT2D eigenvalue weighted by Gasteiger charge is -2.10. The first kappa shape index (κ1) is 20.2. The Morgan fingerprint density at radius 1 is 1.10 bits per heavy atom. The molecule has 4 aromatic rings. The number of aromatic nitrogens is 2. The first-order chi connectivity index (χ1) is 14.6. The molecule has 4 rings (SSSR count). The van der Waals surface area contributed by atoms with E-state index in [1.165, 1.54) is 5.56 Å². The van der Waals surface area contributed by atoms with Crippen molar-refractivity contribution in [1.82, 2.24) is 9.55 Å². The lowest BCUT2D eigenvalue weighted by atomic mass is 10.2. The Morgan fingerprint density at radius 3 is 2.67 bits per heavy atom. The van der Waals surface area contributed by atoms with Crippen molar-refractivity contribution < 1.29 is 14.6 Å². The predicted octanol–water partition coefficient (Wildman–Crippen LogP) is 6.09. The molecule has 0 spiro atoms. The number of aryl methyl sites for hydroxylation is 1. The van der Waals surface area contributed by atoms with Crippen LogP contribution in [0.15, 0.2) is 59.3 Å². The molecule has 30 heavy (non-hydrogen) atoms. The third-order valence-corrected chi connectivity index (χ3v) is 5.68. The van der Waals surface area contributed by atoms with Gasteiger partial charge >= 0.3 is 5.97 Å². The van der Waals surface area contributed by atoms with Crippen LogP contribution in [0.25, 0.3) is 28.1 Å². The summed E-state index contributed by atoms with van der Waals surface area (Å²) in [4.78, 5) is 15.5. The van der Waals surface area contributed by atoms with Gasteiger partial charge in [0, 0.05) is 29.1 Å². The van der Waals surface area contributed by atoms with E-state index in [0.29, 0.717) is 13.0 Å². The summed E-state index contributed by atoms with van der Waals surface area (Å²) in [7, 11) is 0. The maximum atomic E-state index is 10.6. The molecular formula is C24H24N2O3S. The van der Waals surface area contributed by atoms with Crippen LogP contribution in [0, 0.1) is 6.92 Å². The van der Waals surface area contributed by atoms with Crippen molar-refractivity contribution in [3.8, 4) is 22.8 Å². The van der Waals surface area contributed by atoms with Crippen LogP contribution in [-0.4, -0.2) is 27.2 Å². The van der Waals surface area contributed by atoms with Gasteiger partial charge in [-0.15, -0.1) is 0 Å². The van der Waals surface area contributed by atoms with E-state index >= 15 is 0 Å². The average molecular weight is 421 g/mol. The number of imidazole rings is 1. The molecule has 0 fully saturated rings. The Bertz CT molecular complexity index is 1130. The summed E-state index contributed by atoms with van der Waals surface area (Å²) in [6, 6.07) is 16.5. The number of aliphatic carboxylic acids is 1. The summed E-state index contributed by atoms with van der Waals surface area (Å²) in [6.07, 6.45) is 2.58. The molecule has 0 bridgehead atoms. The Hall–Kier alpha value is -3.12. The van der Waals surface area contributed by atoms with E-state index < -0.39 is 5.97 Å². The highest BCUT2D eigenvalue weighted by Crippen LogP contribution is 2.32. The molecule has 2 heterocycles. The van der Waals surface area contributed by atoms with Gasteiger partial charge in [0.1, 0.15) is 11.6 Å². The predicted molar refractivity (Wildman–Crippen MR) is 121 cm³/mol. The minimum atomic E-state index is -0.743. The van der Waals surface area contributed by atoms with Crippen molar-refractivity contribution in [3.05, 3.63) is 64.9 Å². The molecule has 154 valence electrons. The van der Waals surface area contributed by atoms with Crippen molar-refractivity contribution in [1.29, 1.82) is 0 Å². The van der Waals surface area contributed by atoms with Gasteiger partial charge in [0.05, 0.1) is 17.6 Å². The average Bonchev–Trinajstić information content (AvgIpc) is 3.38. The molecule has 0 saturated heterocycles.